The minimum Gasteiger partial charge on any atom is -0.464 e. The van der Waals surface area contributed by atoms with Crippen molar-refractivity contribution in [2.45, 2.75) is 33.3 Å². The third kappa shape index (κ3) is 4.72. The first-order chi connectivity index (χ1) is 12.2. The number of aromatic nitrogens is 1. The molecule has 4 nitrogen and oxygen atoms in total. The van der Waals surface area contributed by atoms with Gasteiger partial charge < -0.3 is 9.84 Å². The molecule has 0 fully saturated rings. The van der Waals surface area contributed by atoms with E-state index in [-0.39, 0.29) is 23.3 Å². The van der Waals surface area contributed by atoms with Crippen molar-refractivity contribution in [3.8, 4) is 11.1 Å². The highest BCUT2D eigenvalue weighted by Gasteiger charge is 2.26. The molecule has 0 amide bonds. The highest BCUT2D eigenvalue weighted by Crippen LogP contribution is 2.34. The smallest absolute Gasteiger partial charge is 0.335 e. The fourth-order valence-electron chi connectivity index (χ4n) is 2.68. The summed E-state index contributed by atoms with van der Waals surface area (Å²) in [7, 11) is 0. The molecule has 1 heterocycles. The van der Waals surface area contributed by atoms with Crippen LogP contribution in [0.3, 0.4) is 0 Å². The van der Waals surface area contributed by atoms with Crippen LogP contribution in [0.25, 0.3) is 11.1 Å². The van der Waals surface area contributed by atoms with Gasteiger partial charge in [0.15, 0.2) is 6.10 Å². The van der Waals surface area contributed by atoms with Crippen molar-refractivity contribution in [3.05, 3.63) is 51.5 Å². The topological polar surface area (TPSA) is 59.4 Å². The number of pyridine rings is 1. The van der Waals surface area contributed by atoms with E-state index in [1.807, 2.05) is 0 Å². The Labute approximate surface area is 161 Å². The highest BCUT2D eigenvalue weighted by molar-refractivity contribution is 6.33. The number of ether oxygens (including phenoxy) is 1. The lowest BCUT2D eigenvalue weighted by Crippen LogP contribution is -2.31. The summed E-state index contributed by atoms with van der Waals surface area (Å²) >= 11 is 12.2. The minimum atomic E-state index is -1.32. The van der Waals surface area contributed by atoms with E-state index >= 15 is 0 Å². The predicted molar refractivity (Wildman–Crippen MR) is 99.9 cm³/mol. The summed E-state index contributed by atoms with van der Waals surface area (Å²) in [5.74, 6) is -1.63. The Hall–Kier alpha value is -1.69. The van der Waals surface area contributed by atoms with E-state index in [9.17, 15) is 14.3 Å². The molecule has 2 atom stereocenters. The Balaban J connectivity index is 2.44. The number of rotatable bonds is 6. The second kappa shape index (κ2) is 8.80. The number of hydrogen-bond donors (Lipinski definition) is 1. The van der Waals surface area contributed by atoms with Gasteiger partial charge in [-0.1, -0.05) is 42.3 Å². The molecule has 0 aliphatic heterocycles. The van der Waals surface area contributed by atoms with Crippen molar-refractivity contribution in [2.24, 2.45) is 5.92 Å². The lowest BCUT2D eigenvalue weighted by molar-refractivity contribution is -0.155. The van der Waals surface area contributed by atoms with Gasteiger partial charge in [0.05, 0.1) is 6.61 Å². The van der Waals surface area contributed by atoms with E-state index in [0.717, 1.165) is 5.56 Å². The van der Waals surface area contributed by atoms with Crippen molar-refractivity contribution in [3.63, 3.8) is 0 Å². The Kier molecular flexibility index (Phi) is 6.98. The number of aliphatic hydroxyl groups excluding tert-OH is 1. The van der Waals surface area contributed by atoms with E-state index in [2.05, 4.69) is 4.98 Å². The Morgan fingerprint density at radius 1 is 1.31 bits per heavy atom. The molecule has 0 radical (unpaired) electrons. The largest absolute Gasteiger partial charge is 0.464 e. The molecule has 140 valence electrons. The quantitative estimate of drug-likeness (QED) is 0.569. The van der Waals surface area contributed by atoms with Gasteiger partial charge in [0, 0.05) is 5.56 Å². The van der Waals surface area contributed by atoms with Gasteiger partial charge in [-0.25, -0.2) is 14.2 Å². The average Bonchev–Trinajstić information content (AvgIpc) is 2.56. The number of aryl methyl sites for hydroxylation is 1. The Morgan fingerprint density at radius 2 is 2.00 bits per heavy atom. The van der Waals surface area contributed by atoms with Crippen LogP contribution in [0.1, 0.15) is 25.0 Å². The van der Waals surface area contributed by atoms with Crippen LogP contribution in [0, 0.1) is 18.7 Å². The lowest BCUT2D eigenvalue weighted by atomic mass is 9.91. The summed E-state index contributed by atoms with van der Waals surface area (Å²) in [5, 5.41) is 10.4. The van der Waals surface area contributed by atoms with Crippen molar-refractivity contribution in [1.29, 1.82) is 0 Å². The van der Waals surface area contributed by atoms with Gasteiger partial charge in [0.25, 0.3) is 0 Å². The maximum Gasteiger partial charge on any atom is 0.335 e. The first kappa shape index (κ1) is 20.6. The first-order valence-corrected chi connectivity index (χ1v) is 8.96. The summed E-state index contributed by atoms with van der Waals surface area (Å²) in [6, 6.07) is 6.36. The Morgan fingerprint density at radius 3 is 2.62 bits per heavy atom. The van der Waals surface area contributed by atoms with Crippen LogP contribution >= 0.6 is 23.2 Å². The third-order valence-corrected chi connectivity index (χ3v) is 4.56. The molecule has 0 spiro atoms. The maximum atomic E-state index is 14.5. The normalized spacial score (nSPS) is 13.3. The van der Waals surface area contributed by atoms with Gasteiger partial charge in [0.2, 0.25) is 0 Å². The third-order valence-electron chi connectivity index (χ3n) is 4.05. The van der Waals surface area contributed by atoms with E-state index < -0.39 is 23.8 Å². The van der Waals surface area contributed by atoms with Gasteiger partial charge >= 0.3 is 5.97 Å². The molecule has 1 aromatic carbocycles. The summed E-state index contributed by atoms with van der Waals surface area (Å²) in [6.07, 6.45) is -1.12. The molecule has 0 saturated heterocycles. The monoisotopic (exact) mass is 399 g/mol. The van der Waals surface area contributed by atoms with E-state index in [1.54, 1.807) is 32.9 Å². The van der Waals surface area contributed by atoms with E-state index in [0.29, 0.717) is 16.7 Å². The molecule has 2 rings (SSSR count). The van der Waals surface area contributed by atoms with Gasteiger partial charge in [-0.15, -0.1) is 0 Å². The van der Waals surface area contributed by atoms with Crippen molar-refractivity contribution in [2.75, 3.05) is 6.61 Å². The first-order valence-electron chi connectivity index (χ1n) is 8.20. The molecule has 2 unspecified atom stereocenters. The second-order valence-electron chi connectivity index (χ2n) is 6.12. The molecular weight excluding hydrogens is 380 g/mol. The second-order valence-corrected chi connectivity index (χ2v) is 6.87. The van der Waals surface area contributed by atoms with Crippen LogP contribution in [-0.4, -0.2) is 28.8 Å². The van der Waals surface area contributed by atoms with Crippen molar-refractivity contribution in [1.82, 2.24) is 4.98 Å². The predicted octanol–water partition coefficient (Wildman–Crippen LogP) is 4.61. The fourth-order valence-corrected chi connectivity index (χ4v) is 3.18. The lowest BCUT2D eigenvalue weighted by Gasteiger charge is -2.20. The van der Waals surface area contributed by atoms with Crippen LogP contribution in [-0.2, 0) is 16.0 Å². The summed E-state index contributed by atoms with van der Waals surface area (Å²) in [5.41, 5.74) is 2.10. The highest BCUT2D eigenvalue weighted by atomic mass is 35.5. The Bertz CT molecular complexity index is 814. The average molecular weight is 400 g/mol. The SMILES string of the molecule is CCOC(=O)C(O)C(C)Cc1c(-c2ccc(C)cc2F)cc(Cl)nc1Cl. The molecule has 1 N–H and O–H groups in total. The van der Waals surface area contributed by atoms with Gasteiger partial charge in [0.1, 0.15) is 16.1 Å². The van der Waals surface area contributed by atoms with Crippen LogP contribution in [0.4, 0.5) is 4.39 Å². The zero-order valence-electron chi connectivity index (χ0n) is 14.7. The zero-order chi connectivity index (χ0) is 19.4. The molecule has 26 heavy (non-hydrogen) atoms. The molecule has 0 aliphatic carbocycles. The van der Waals surface area contributed by atoms with Gasteiger partial charge in [-0.3, -0.25) is 0 Å². The molecule has 0 bridgehead atoms. The van der Waals surface area contributed by atoms with Gasteiger partial charge in [-0.2, -0.15) is 0 Å². The summed E-state index contributed by atoms with van der Waals surface area (Å²) in [4.78, 5) is 15.8. The van der Waals surface area contributed by atoms with Crippen molar-refractivity contribution >= 4 is 29.2 Å². The van der Waals surface area contributed by atoms with E-state index in [1.165, 1.54) is 12.1 Å². The van der Waals surface area contributed by atoms with Crippen LogP contribution < -0.4 is 0 Å². The number of benzene rings is 1. The number of carbonyl (C=O) groups excluding carboxylic acids is 1. The number of esters is 1. The minimum absolute atomic E-state index is 0.107. The number of hydrogen-bond acceptors (Lipinski definition) is 4. The molecule has 0 aliphatic rings. The number of nitrogens with zero attached hydrogens (tertiary/aromatic N) is 1. The van der Waals surface area contributed by atoms with Gasteiger partial charge in [-0.05, 0) is 55.0 Å². The summed E-state index contributed by atoms with van der Waals surface area (Å²) < 4.78 is 19.3. The zero-order valence-corrected chi connectivity index (χ0v) is 16.2. The summed E-state index contributed by atoms with van der Waals surface area (Å²) in [6.45, 7) is 5.30. The number of halogens is 3. The maximum absolute atomic E-state index is 14.5. The number of carbonyl (C=O) groups is 1. The fraction of sp³-hybridized carbons (Fsp3) is 0.368. The van der Waals surface area contributed by atoms with E-state index in [4.69, 9.17) is 27.9 Å². The molecule has 0 saturated carbocycles. The molecule has 7 heteroatoms. The molecular formula is C19H20Cl2FNO3. The standard InChI is InChI=1S/C19H20Cl2FNO3/c1-4-26-19(25)17(24)11(3)8-14-13(9-16(20)23-18(14)21)12-6-5-10(2)7-15(12)22/h5-7,9,11,17,24H,4,8H2,1-3H3. The van der Waals surface area contributed by atoms with Crippen LogP contribution in [0.5, 0.6) is 0 Å². The van der Waals surface area contributed by atoms with Crippen LogP contribution in [0.2, 0.25) is 10.3 Å². The van der Waals surface area contributed by atoms with Crippen LogP contribution in [0.15, 0.2) is 24.3 Å². The number of aliphatic hydroxyl groups is 1. The molecule has 1 aromatic heterocycles. The van der Waals surface area contributed by atoms with Crippen molar-refractivity contribution < 1.29 is 19.0 Å². The molecule has 2 aromatic rings.